The summed E-state index contributed by atoms with van der Waals surface area (Å²) in [5.41, 5.74) is 6.50. The van der Waals surface area contributed by atoms with Crippen LogP contribution in [-0.4, -0.2) is 0 Å². The Morgan fingerprint density at radius 2 is 0.867 bits per heavy atom. The van der Waals surface area contributed by atoms with Crippen molar-refractivity contribution in [1.82, 2.24) is 0 Å². The van der Waals surface area contributed by atoms with Crippen molar-refractivity contribution in [2.24, 2.45) is 0 Å². The molecule has 0 saturated carbocycles. The Balaban J connectivity index is 1.50. The fourth-order valence-electron chi connectivity index (χ4n) is 6.47. The van der Waals surface area contributed by atoms with E-state index in [1.807, 2.05) is 121 Å². The monoisotopic (exact) mass is 580 g/mol. The first-order valence-electron chi connectivity index (χ1n) is 18.8. The molecule has 9 rings (SSSR count). The van der Waals surface area contributed by atoms with E-state index in [9.17, 15) is 5.48 Å². The van der Waals surface area contributed by atoms with Gasteiger partial charge in [-0.3, -0.25) is 0 Å². The fourth-order valence-corrected chi connectivity index (χ4v) is 6.47. The van der Waals surface area contributed by atoms with Crippen LogP contribution in [0.1, 0.15) is 11.0 Å². The lowest BCUT2D eigenvalue weighted by Crippen LogP contribution is -1.91. The summed E-state index contributed by atoms with van der Waals surface area (Å²) in [6, 6.07) is 35.5. The Hall–Kier alpha value is -5.92. The number of para-hydroxylation sites is 1. The van der Waals surface area contributed by atoms with Crippen molar-refractivity contribution in [3.05, 3.63) is 170 Å². The molecular formula is C44H28O. The highest BCUT2D eigenvalue weighted by Crippen LogP contribution is 2.46. The van der Waals surface area contributed by atoms with E-state index in [2.05, 4.69) is 0 Å². The van der Waals surface area contributed by atoms with Gasteiger partial charge in [0.2, 0.25) is 0 Å². The molecule has 0 fully saturated rings. The highest BCUT2D eigenvalue weighted by atomic mass is 16.3. The molecule has 0 amide bonds. The third-order valence-electron chi connectivity index (χ3n) is 8.51. The van der Waals surface area contributed by atoms with Crippen LogP contribution in [0.15, 0.2) is 174 Å². The first-order chi connectivity index (χ1) is 25.7. The quantitative estimate of drug-likeness (QED) is 0.189. The molecule has 9 aromatic rings. The van der Waals surface area contributed by atoms with E-state index in [-0.39, 0.29) is 45.7 Å². The summed E-state index contributed by atoms with van der Waals surface area (Å²) in [6.45, 7) is 0. The summed E-state index contributed by atoms with van der Waals surface area (Å²) in [5.74, 6) is 0. The zero-order chi connectivity index (χ0) is 36.7. The second-order valence-electron chi connectivity index (χ2n) is 11.1. The topological polar surface area (TPSA) is 13.1 Å². The lowest BCUT2D eigenvalue weighted by molar-refractivity contribution is 0.670. The molecule has 45 heavy (non-hydrogen) atoms. The zero-order valence-electron chi connectivity index (χ0n) is 32.0. The summed E-state index contributed by atoms with van der Waals surface area (Å²) in [4.78, 5) is 0. The van der Waals surface area contributed by atoms with E-state index < -0.39 is 24.2 Å². The minimum Gasteiger partial charge on any atom is -0.455 e. The maximum atomic E-state index is 9.40. The largest absolute Gasteiger partial charge is 0.455 e. The van der Waals surface area contributed by atoms with Crippen molar-refractivity contribution < 1.29 is 15.4 Å². The molecule has 1 heterocycles. The Labute approximate surface area is 272 Å². The van der Waals surface area contributed by atoms with Gasteiger partial charge < -0.3 is 4.42 Å². The average Bonchev–Trinajstić information content (AvgIpc) is 3.58. The number of furan rings is 1. The minimum absolute atomic E-state index is 0.168. The third-order valence-corrected chi connectivity index (χ3v) is 8.51. The molecule has 1 nitrogen and oxygen atoms in total. The number of hydrogen-bond donors (Lipinski definition) is 0. The van der Waals surface area contributed by atoms with Gasteiger partial charge >= 0.3 is 0 Å². The molecule has 0 radical (unpaired) electrons. The smallest absolute Gasteiger partial charge is 0.143 e. The van der Waals surface area contributed by atoms with Gasteiger partial charge in [-0.05, 0) is 78.7 Å². The average molecular weight is 581 g/mol. The van der Waals surface area contributed by atoms with Crippen molar-refractivity contribution in [3.8, 4) is 44.5 Å². The van der Waals surface area contributed by atoms with Crippen LogP contribution in [0, 0.1) is 0 Å². The summed E-state index contributed by atoms with van der Waals surface area (Å²) in [6.07, 6.45) is 0. The lowest BCUT2D eigenvalue weighted by Gasteiger charge is -2.18. The summed E-state index contributed by atoms with van der Waals surface area (Å²) in [7, 11) is 0. The molecule has 0 unspecified atom stereocenters. The Morgan fingerprint density at radius 1 is 0.378 bits per heavy atom. The molecule has 1 heteroatoms. The molecule has 210 valence electrons. The Morgan fingerprint density at radius 3 is 1.49 bits per heavy atom. The van der Waals surface area contributed by atoms with Gasteiger partial charge in [-0.1, -0.05) is 151 Å². The number of fused-ring (bicyclic) bond motifs is 5. The molecule has 0 atom stereocenters. The highest BCUT2D eigenvalue weighted by molar-refractivity contribution is 6.23. The molecule has 8 aromatic carbocycles. The van der Waals surface area contributed by atoms with Gasteiger partial charge in [0.05, 0.1) is 11.0 Å². The van der Waals surface area contributed by atoms with Crippen molar-refractivity contribution >= 4 is 43.5 Å². The Bertz CT molecular complexity index is 2870. The standard InChI is InChI=1S/C44H28O/c1-3-13-29(14-4-1)30-23-25-32(26-24-30)42-35-18-7-9-20-37(35)43(38-21-10-8-19-36(38)42)33-27-39(31-15-5-2-6-16-31)44-40(28-33)34-17-11-12-22-41(34)45-44/h1-28H/i7D,8D,9D,10D,18D,19D,20D,21D. The lowest BCUT2D eigenvalue weighted by atomic mass is 9.84. The van der Waals surface area contributed by atoms with Gasteiger partial charge in [0, 0.05) is 16.3 Å². The first kappa shape index (κ1) is 18.7. The number of rotatable bonds is 4. The van der Waals surface area contributed by atoms with Gasteiger partial charge in [0.25, 0.3) is 0 Å². The van der Waals surface area contributed by atoms with Crippen LogP contribution in [0.4, 0.5) is 0 Å². The number of benzene rings is 8. The highest BCUT2D eigenvalue weighted by Gasteiger charge is 2.20. The van der Waals surface area contributed by atoms with Crippen LogP contribution >= 0.6 is 0 Å². The molecule has 0 bridgehead atoms. The van der Waals surface area contributed by atoms with Crippen molar-refractivity contribution in [2.75, 3.05) is 0 Å². The molecule has 0 aliphatic heterocycles. The molecule has 0 aliphatic carbocycles. The zero-order valence-corrected chi connectivity index (χ0v) is 24.0. The van der Waals surface area contributed by atoms with Crippen molar-refractivity contribution in [3.63, 3.8) is 0 Å². The van der Waals surface area contributed by atoms with Crippen LogP contribution in [-0.2, 0) is 0 Å². The van der Waals surface area contributed by atoms with E-state index in [1.54, 1.807) is 0 Å². The van der Waals surface area contributed by atoms with Gasteiger partial charge in [-0.15, -0.1) is 0 Å². The normalized spacial score (nSPS) is 14.0. The first-order valence-corrected chi connectivity index (χ1v) is 14.8. The van der Waals surface area contributed by atoms with Crippen LogP contribution in [0.3, 0.4) is 0 Å². The second kappa shape index (κ2) is 10.4. The molecule has 1 aromatic heterocycles. The summed E-state index contributed by atoms with van der Waals surface area (Å²) in [5, 5.41) is 2.29. The predicted molar refractivity (Wildman–Crippen MR) is 190 cm³/mol. The SMILES string of the molecule is [2H]c1c([2H])c([2H])c2c(-c3cc(-c4ccccc4)c4oc5ccccc5c4c3)c3c([2H])c([2H])c([2H])c([2H])c3c(-c3ccc(-c4ccccc4)cc3)c2c1[2H]. The maximum Gasteiger partial charge on any atom is 0.143 e. The third kappa shape index (κ3) is 4.17. The fraction of sp³-hybridized carbons (Fsp3) is 0. The van der Waals surface area contributed by atoms with Gasteiger partial charge in [0.1, 0.15) is 11.2 Å². The van der Waals surface area contributed by atoms with Crippen LogP contribution < -0.4 is 0 Å². The van der Waals surface area contributed by atoms with Gasteiger partial charge in [-0.25, -0.2) is 0 Å². The minimum atomic E-state index is -0.438. The van der Waals surface area contributed by atoms with Crippen LogP contribution in [0.5, 0.6) is 0 Å². The second-order valence-corrected chi connectivity index (χ2v) is 11.1. The summed E-state index contributed by atoms with van der Waals surface area (Å²) < 4.78 is 79.2. The molecule has 0 aliphatic rings. The van der Waals surface area contributed by atoms with E-state index in [1.165, 1.54) is 0 Å². The van der Waals surface area contributed by atoms with Gasteiger partial charge in [-0.2, -0.15) is 0 Å². The van der Waals surface area contributed by atoms with E-state index in [0.29, 0.717) is 33.4 Å². The van der Waals surface area contributed by atoms with E-state index in [0.717, 1.165) is 33.0 Å². The number of hydrogen-bond acceptors (Lipinski definition) is 1. The van der Waals surface area contributed by atoms with Crippen LogP contribution in [0.25, 0.3) is 88.0 Å². The Kier molecular flexibility index (Phi) is 4.30. The molecule has 0 N–H and O–H groups in total. The van der Waals surface area contributed by atoms with Crippen molar-refractivity contribution in [1.29, 1.82) is 0 Å². The maximum absolute atomic E-state index is 9.40. The van der Waals surface area contributed by atoms with E-state index >= 15 is 0 Å². The molecule has 0 spiro atoms. The van der Waals surface area contributed by atoms with E-state index in [4.69, 9.17) is 9.90 Å². The van der Waals surface area contributed by atoms with Gasteiger partial charge in [0.15, 0.2) is 0 Å². The summed E-state index contributed by atoms with van der Waals surface area (Å²) >= 11 is 0. The predicted octanol–water partition coefficient (Wildman–Crippen LogP) is 12.6. The molecule has 0 saturated heterocycles. The van der Waals surface area contributed by atoms with Crippen molar-refractivity contribution in [2.45, 2.75) is 0 Å². The molecular weight excluding hydrogens is 544 g/mol. The van der Waals surface area contributed by atoms with Crippen LogP contribution in [0.2, 0.25) is 0 Å².